The van der Waals surface area contributed by atoms with Crippen LogP contribution in [0, 0.1) is 0 Å². The van der Waals surface area contributed by atoms with Crippen molar-refractivity contribution in [1.82, 2.24) is 14.9 Å². The number of hydrogen-bond acceptors (Lipinski definition) is 5. The lowest BCUT2D eigenvalue weighted by Gasteiger charge is -2.18. The van der Waals surface area contributed by atoms with Crippen LogP contribution in [0.2, 0.25) is 0 Å². The molecule has 0 saturated heterocycles. The van der Waals surface area contributed by atoms with Gasteiger partial charge in [0.05, 0.1) is 26.0 Å². The highest BCUT2D eigenvalue weighted by Crippen LogP contribution is 2.06. The average Bonchev–Trinajstić information content (AvgIpc) is 2.38. The summed E-state index contributed by atoms with van der Waals surface area (Å²) in [5.74, 6) is 1.05. The molecule has 0 saturated carbocycles. The molecule has 0 fully saturated rings. The summed E-state index contributed by atoms with van der Waals surface area (Å²) in [6.45, 7) is 5.52. The minimum atomic E-state index is 0.0365. The Morgan fingerprint density at radius 1 is 1.35 bits per heavy atom. The van der Waals surface area contributed by atoms with Crippen molar-refractivity contribution < 1.29 is 9.53 Å². The molecule has 1 rings (SSSR count). The Kier molecular flexibility index (Phi) is 5.19. The molecule has 6 nitrogen and oxygen atoms in total. The highest BCUT2D eigenvalue weighted by Gasteiger charge is 2.09. The van der Waals surface area contributed by atoms with Crippen LogP contribution in [0.4, 0.5) is 5.95 Å². The van der Waals surface area contributed by atoms with E-state index in [1.165, 1.54) is 0 Å². The van der Waals surface area contributed by atoms with E-state index in [1.54, 1.807) is 24.4 Å². The zero-order valence-electron chi connectivity index (χ0n) is 10.4. The summed E-state index contributed by atoms with van der Waals surface area (Å²) < 4.78 is 4.94. The number of amides is 1. The van der Waals surface area contributed by atoms with Gasteiger partial charge >= 0.3 is 0 Å². The largest absolute Gasteiger partial charge is 0.494 e. The number of rotatable bonds is 6. The number of nitrogens with zero attached hydrogens (tertiary/aromatic N) is 3. The normalized spacial score (nSPS) is 9.82. The fraction of sp³-hybridized carbons (Fsp3) is 0.545. The molecule has 0 spiro atoms. The van der Waals surface area contributed by atoms with E-state index in [2.05, 4.69) is 15.3 Å². The van der Waals surface area contributed by atoms with Crippen molar-refractivity contribution in [2.24, 2.45) is 0 Å². The summed E-state index contributed by atoms with van der Waals surface area (Å²) in [5, 5.41) is 2.88. The number of nitrogens with one attached hydrogen (secondary N) is 1. The van der Waals surface area contributed by atoms with Crippen molar-refractivity contribution in [2.45, 2.75) is 13.8 Å². The third-order valence-electron chi connectivity index (χ3n) is 2.38. The van der Waals surface area contributed by atoms with Crippen molar-refractivity contribution in [2.75, 3.05) is 32.1 Å². The summed E-state index contributed by atoms with van der Waals surface area (Å²) in [5.41, 5.74) is 0. The number of methoxy groups -OCH3 is 1. The summed E-state index contributed by atoms with van der Waals surface area (Å²) in [7, 11) is 1.55. The molecule has 17 heavy (non-hydrogen) atoms. The van der Waals surface area contributed by atoms with E-state index >= 15 is 0 Å². The Labute approximate surface area is 101 Å². The smallest absolute Gasteiger partial charge is 0.241 e. The van der Waals surface area contributed by atoms with Gasteiger partial charge < -0.3 is 15.0 Å². The van der Waals surface area contributed by atoms with E-state index in [0.29, 0.717) is 24.8 Å². The molecule has 0 aliphatic heterocycles. The van der Waals surface area contributed by atoms with Crippen LogP contribution in [0.1, 0.15) is 13.8 Å². The van der Waals surface area contributed by atoms with Gasteiger partial charge in [0.25, 0.3) is 0 Å². The number of carbonyl (C=O) groups is 1. The van der Waals surface area contributed by atoms with Crippen molar-refractivity contribution in [3.05, 3.63) is 12.4 Å². The van der Waals surface area contributed by atoms with E-state index in [-0.39, 0.29) is 12.5 Å². The molecule has 0 radical (unpaired) electrons. The van der Waals surface area contributed by atoms with Gasteiger partial charge in [-0.2, -0.15) is 0 Å². The molecule has 1 N–H and O–H groups in total. The predicted molar refractivity (Wildman–Crippen MR) is 65.0 cm³/mol. The summed E-state index contributed by atoms with van der Waals surface area (Å²) in [6, 6.07) is 0. The van der Waals surface area contributed by atoms with Gasteiger partial charge in [-0.25, -0.2) is 9.97 Å². The fourth-order valence-electron chi connectivity index (χ4n) is 1.36. The molecule has 1 heterocycles. The van der Waals surface area contributed by atoms with Crippen LogP contribution < -0.4 is 10.1 Å². The lowest BCUT2D eigenvalue weighted by atomic mass is 10.4. The van der Waals surface area contributed by atoms with Crippen LogP contribution in [-0.4, -0.2) is 47.5 Å². The maximum absolute atomic E-state index is 11.7. The van der Waals surface area contributed by atoms with Gasteiger partial charge in [0.15, 0.2) is 5.75 Å². The monoisotopic (exact) mass is 238 g/mol. The molecule has 1 aromatic rings. The minimum absolute atomic E-state index is 0.0365. The van der Waals surface area contributed by atoms with Gasteiger partial charge in [0.1, 0.15) is 0 Å². The van der Waals surface area contributed by atoms with Crippen LogP contribution in [-0.2, 0) is 4.79 Å². The molecule has 1 aromatic heterocycles. The first-order valence-corrected chi connectivity index (χ1v) is 5.58. The Morgan fingerprint density at radius 3 is 2.41 bits per heavy atom. The average molecular weight is 238 g/mol. The first-order chi connectivity index (χ1) is 8.21. The number of ether oxygens (including phenoxy) is 1. The molecule has 0 bridgehead atoms. The zero-order chi connectivity index (χ0) is 12.7. The molecule has 0 aliphatic rings. The first-order valence-electron chi connectivity index (χ1n) is 5.58. The van der Waals surface area contributed by atoms with Crippen molar-refractivity contribution in [3.63, 3.8) is 0 Å². The van der Waals surface area contributed by atoms with E-state index in [9.17, 15) is 4.79 Å². The molecule has 0 aromatic carbocycles. The predicted octanol–water partition coefficient (Wildman–Crippen LogP) is 0.765. The quantitative estimate of drug-likeness (QED) is 0.792. The summed E-state index contributed by atoms with van der Waals surface area (Å²) in [6.07, 6.45) is 3.11. The fourth-order valence-corrected chi connectivity index (χ4v) is 1.36. The second-order valence-electron chi connectivity index (χ2n) is 3.37. The van der Waals surface area contributed by atoms with E-state index < -0.39 is 0 Å². The van der Waals surface area contributed by atoms with Crippen molar-refractivity contribution >= 4 is 11.9 Å². The van der Waals surface area contributed by atoms with Crippen molar-refractivity contribution in [1.29, 1.82) is 0 Å². The van der Waals surface area contributed by atoms with Crippen LogP contribution in [0.5, 0.6) is 5.75 Å². The molecule has 0 atom stereocenters. The Balaban J connectivity index is 2.46. The third kappa shape index (κ3) is 3.90. The minimum Gasteiger partial charge on any atom is -0.494 e. The topological polar surface area (TPSA) is 67.4 Å². The van der Waals surface area contributed by atoms with Crippen LogP contribution in [0.15, 0.2) is 12.4 Å². The SMILES string of the molecule is CCN(CC)C(=O)CNc1ncc(OC)cn1. The van der Waals surface area contributed by atoms with Gasteiger partial charge in [-0.05, 0) is 13.8 Å². The molecular weight excluding hydrogens is 220 g/mol. The number of anilines is 1. The van der Waals surface area contributed by atoms with E-state index in [0.717, 1.165) is 0 Å². The Hall–Kier alpha value is -1.85. The van der Waals surface area contributed by atoms with Gasteiger partial charge in [0, 0.05) is 13.1 Å². The molecular formula is C11H18N4O2. The number of carbonyl (C=O) groups excluding carboxylic acids is 1. The second-order valence-corrected chi connectivity index (χ2v) is 3.37. The number of hydrogen-bond donors (Lipinski definition) is 1. The lowest BCUT2D eigenvalue weighted by Crippen LogP contribution is -2.35. The van der Waals surface area contributed by atoms with Crippen molar-refractivity contribution in [3.8, 4) is 5.75 Å². The highest BCUT2D eigenvalue weighted by atomic mass is 16.5. The van der Waals surface area contributed by atoms with Crippen LogP contribution in [0.25, 0.3) is 0 Å². The highest BCUT2D eigenvalue weighted by molar-refractivity contribution is 5.80. The maximum Gasteiger partial charge on any atom is 0.241 e. The first kappa shape index (κ1) is 13.2. The standard InChI is InChI=1S/C11H18N4O2/c1-4-15(5-2)10(16)8-14-11-12-6-9(17-3)7-13-11/h6-7H,4-5,8H2,1-3H3,(H,12,13,14). The van der Waals surface area contributed by atoms with Crippen LogP contribution in [0.3, 0.4) is 0 Å². The van der Waals surface area contributed by atoms with E-state index in [4.69, 9.17) is 4.74 Å². The number of likely N-dealkylation sites (N-methyl/N-ethyl adjacent to an activating group) is 1. The zero-order valence-corrected chi connectivity index (χ0v) is 10.4. The molecule has 6 heteroatoms. The Bertz CT molecular complexity index is 349. The van der Waals surface area contributed by atoms with Gasteiger partial charge in [-0.3, -0.25) is 4.79 Å². The molecule has 0 aliphatic carbocycles. The maximum atomic E-state index is 11.7. The number of aromatic nitrogens is 2. The second kappa shape index (κ2) is 6.67. The van der Waals surface area contributed by atoms with Gasteiger partial charge in [0.2, 0.25) is 11.9 Å². The summed E-state index contributed by atoms with van der Waals surface area (Å²) in [4.78, 5) is 21.5. The third-order valence-corrected chi connectivity index (χ3v) is 2.38. The lowest BCUT2D eigenvalue weighted by molar-refractivity contribution is -0.128. The summed E-state index contributed by atoms with van der Waals surface area (Å²) >= 11 is 0. The molecule has 1 amide bonds. The van der Waals surface area contributed by atoms with E-state index in [1.807, 2.05) is 13.8 Å². The van der Waals surface area contributed by atoms with Gasteiger partial charge in [-0.15, -0.1) is 0 Å². The molecule has 0 unspecified atom stereocenters. The molecule has 94 valence electrons. The van der Waals surface area contributed by atoms with Crippen LogP contribution >= 0.6 is 0 Å². The Morgan fingerprint density at radius 2 is 1.94 bits per heavy atom. The van der Waals surface area contributed by atoms with Gasteiger partial charge in [-0.1, -0.05) is 0 Å².